The van der Waals surface area contributed by atoms with Gasteiger partial charge in [0.05, 0.1) is 28.6 Å². The number of thioether (sulfide) groups is 1. The number of hydrogen-bond donors (Lipinski definition) is 1. The maximum absolute atomic E-state index is 12.8. The van der Waals surface area contributed by atoms with E-state index in [0.717, 1.165) is 11.8 Å². The summed E-state index contributed by atoms with van der Waals surface area (Å²) in [5.74, 6) is -1.41. The minimum absolute atomic E-state index is 0.0321. The summed E-state index contributed by atoms with van der Waals surface area (Å²) in [5.41, 5.74) is -2.75. The Bertz CT molecular complexity index is 890. The molecule has 4 nitrogen and oxygen atoms in total. The predicted molar refractivity (Wildman–Crippen MR) is 93.3 cm³/mol. The lowest BCUT2D eigenvalue weighted by Crippen LogP contribution is -2.21. The molecule has 0 fully saturated rings. The molecule has 11 heteroatoms. The van der Waals surface area contributed by atoms with Crippen molar-refractivity contribution in [3.63, 3.8) is 0 Å². The summed E-state index contributed by atoms with van der Waals surface area (Å²) >= 11 is 1.15. The van der Waals surface area contributed by atoms with Gasteiger partial charge < -0.3 is 10.1 Å². The Balaban J connectivity index is 2.14. The molecule has 1 N–H and O–H groups in total. The molecule has 154 valence electrons. The van der Waals surface area contributed by atoms with E-state index in [-0.39, 0.29) is 11.8 Å². The summed E-state index contributed by atoms with van der Waals surface area (Å²) in [6.07, 6.45) is -10.0. The van der Waals surface area contributed by atoms with Crippen molar-refractivity contribution >= 4 is 23.4 Å². The van der Waals surface area contributed by atoms with Crippen molar-refractivity contribution in [2.24, 2.45) is 0 Å². The van der Waals surface area contributed by atoms with Crippen molar-refractivity contribution < 1.29 is 35.9 Å². The number of amides is 1. The summed E-state index contributed by atoms with van der Waals surface area (Å²) in [7, 11) is 0. The average Bonchev–Trinajstić information content (AvgIpc) is 2.64. The molecule has 0 aromatic heterocycles. The van der Waals surface area contributed by atoms with Crippen molar-refractivity contribution in [1.29, 1.82) is 5.26 Å². The first kappa shape index (κ1) is 22.4. The van der Waals surface area contributed by atoms with E-state index < -0.39 is 41.7 Å². The van der Waals surface area contributed by atoms with Crippen LogP contribution in [0.25, 0.3) is 0 Å². The fourth-order valence-electron chi connectivity index (χ4n) is 2.15. The fraction of sp³-hybridized carbons (Fsp3) is 0.222. The monoisotopic (exact) mass is 434 g/mol. The number of para-hydroxylation sites is 1. The van der Waals surface area contributed by atoms with Crippen LogP contribution in [-0.4, -0.2) is 18.3 Å². The van der Waals surface area contributed by atoms with Gasteiger partial charge in [0.2, 0.25) is 0 Å². The molecule has 0 saturated heterocycles. The summed E-state index contributed by atoms with van der Waals surface area (Å²) in [6.45, 7) is -0.810. The van der Waals surface area contributed by atoms with Gasteiger partial charge in [0.15, 0.2) is 6.61 Å². The highest BCUT2D eigenvalue weighted by Crippen LogP contribution is 2.38. The summed E-state index contributed by atoms with van der Waals surface area (Å²) < 4.78 is 81.9. The summed E-state index contributed by atoms with van der Waals surface area (Å²) in [6, 6.07) is 9.12. The Hall–Kier alpha value is -2.87. The van der Waals surface area contributed by atoms with Crippen molar-refractivity contribution in [3.05, 3.63) is 53.6 Å². The Morgan fingerprint density at radius 1 is 1.03 bits per heavy atom. The molecule has 0 aliphatic carbocycles. The van der Waals surface area contributed by atoms with Crippen LogP contribution in [0.5, 0.6) is 5.75 Å². The van der Waals surface area contributed by atoms with Crippen LogP contribution in [-0.2, 0) is 17.1 Å². The van der Waals surface area contributed by atoms with E-state index in [1.54, 1.807) is 18.2 Å². The van der Waals surface area contributed by atoms with Crippen LogP contribution >= 0.6 is 11.8 Å². The second kappa shape index (κ2) is 9.09. The summed E-state index contributed by atoms with van der Waals surface area (Å²) in [4.78, 5) is 12.6. The number of carbonyl (C=O) groups excluding carboxylic acids is 1. The Morgan fingerprint density at radius 3 is 2.17 bits per heavy atom. The number of halogens is 6. The SMILES string of the molecule is N#CCSc1ccccc1NC(=O)COc1cc(C(F)(F)F)cc(C(F)(F)F)c1. The van der Waals surface area contributed by atoms with Gasteiger partial charge in [0, 0.05) is 4.90 Å². The van der Waals surface area contributed by atoms with Crippen LogP contribution in [0, 0.1) is 11.3 Å². The van der Waals surface area contributed by atoms with Crippen LogP contribution in [0.15, 0.2) is 47.4 Å². The number of ether oxygens (including phenoxy) is 1. The second-order valence-corrected chi connectivity index (χ2v) is 6.54. The van der Waals surface area contributed by atoms with E-state index in [4.69, 9.17) is 10.00 Å². The number of alkyl halides is 6. The van der Waals surface area contributed by atoms with Gasteiger partial charge in [0.1, 0.15) is 5.75 Å². The molecule has 0 spiro atoms. The number of anilines is 1. The van der Waals surface area contributed by atoms with Crippen LogP contribution in [0.3, 0.4) is 0 Å². The number of carbonyl (C=O) groups is 1. The second-order valence-electron chi connectivity index (χ2n) is 5.52. The first-order valence-corrected chi connectivity index (χ1v) is 8.80. The van der Waals surface area contributed by atoms with Crippen molar-refractivity contribution in [2.45, 2.75) is 17.2 Å². The van der Waals surface area contributed by atoms with Gasteiger partial charge in [-0.15, -0.1) is 11.8 Å². The van der Waals surface area contributed by atoms with Crippen molar-refractivity contribution in [1.82, 2.24) is 0 Å². The zero-order chi connectivity index (χ0) is 21.7. The number of hydrogen-bond acceptors (Lipinski definition) is 4. The molecular weight excluding hydrogens is 422 g/mol. The molecule has 0 unspecified atom stereocenters. The van der Waals surface area contributed by atoms with Crippen LogP contribution in [0.1, 0.15) is 11.1 Å². The first-order valence-electron chi connectivity index (χ1n) is 7.81. The number of rotatable bonds is 6. The molecular formula is C18H12F6N2O2S. The van der Waals surface area contributed by atoms with Crippen molar-refractivity contribution in [2.75, 3.05) is 17.7 Å². The first-order chi connectivity index (χ1) is 13.5. The van der Waals surface area contributed by atoms with Gasteiger partial charge in [-0.05, 0) is 30.3 Å². The van der Waals surface area contributed by atoms with Crippen LogP contribution < -0.4 is 10.1 Å². The molecule has 29 heavy (non-hydrogen) atoms. The molecule has 0 bridgehead atoms. The largest absolute Gasteiger partial charge is 0.484 e. The quantitative estimate of drug-likeness (QED) is 0.491. The predicted octanol–water partition coefficient (Wildman–Crippen LogP) is 5.36. The van der Waals surface area contributed by atoms with E-state index in [9.17, 15) is 31.1 Å². The number of nitrogens with one attached hydrogen (secondary N) is 1. The van der Waals surface area contributed by atoms with E-state index >= 15 is 0 Å². The highest BCUT2D eigenvalue weighted by molar-refractivity contribution is 7.99. The minimum atomic E-state index is -5.02. The smallest absolute Gasteiger partial charge is 0.416 e. The van der Waals surface area contributed by atoms with Crippen molar-refractivity contribution in [3.8, 4) is 11.8 Å². The van der Waals surface area contributed by atoms with Gasteiger partial charge in [-0.3, -0.25) is 4.79 Å². The third-order valence-corrected chi connectivity index (χ3v) is 4.32. The molecule has 2 aromatic carbocycles. The zero-order valence-corrected chi connectivity index (χ0v) is 15.2. The molecule has 0 atom stereocenters. The Labute approximate surface area is 165 Å². The lowest BCUT2D eigenvalue weighted by molar-refractivity contribution is -0.143. The number of nitrogens with zero attached hydrogens (tertiary/aromatic N) is 1. The van der Waals surface area contributed by atoms with E-state index in [1.807, 2.05) is 6.07 Å². The highest BCUT2D eigenvalue weighted by atomic mass is 32.2. The molecule has 2 aromatic rings. The third-order valence-electron chi connectivity index (χ3n) is 3.38. The van der Waals surface area contributed by atoms with Gasteiger partial charge in [-0.25, -0.2) is 0 Å². The summed E-state index contributed by atoms with van der Waals surface area (Å²) in [5, 5.41) is 11.1. The Morgan fingerprint density at radius 2 is 1.62 bits per heavy atom. The minimum Gasteiger partial charge on any atom is -0.484 e. The number of benzene rings is 2. The molecule has 0 aliphatic heterocycles. The fourth-order valence-corrected chi connectivity index (χ4v) is 2.82. The molecule has 1 amide bonds. The maximum Gasteiger partial charge on any atom is 0.416 e. The normalized spacial score (nSPS) is 11.6. The van der Waals surface area contributed by atoms with Gasteiger partial charge in [-0.1, -0.05) is 12.1 Å². The van der Waals surface area contributed by atoms with Crippen LogP contribution in [0.4, 0.5) is 32.0 Å². The topological polar surface area (TPSA) is 62.1 Å². The van der Waals surface area contributed by atoms with E-state index in [0.29, 0.717) is 22.7 Å². The molecule has 0 radical (unpaired) electrons. The van der Waals surface area contributed by atoms with E-state index in [2.05, 4.69) is 5.32 Å². The lowest BCUT2D eigenvalue weighted by Gasteiger charge is -2.15. The standard InChI is InChI=1S/C18H12F6N2O2S/c19-17(20,21)11-7-12(18(22,23)24)9-13(8-11)28-10-16(27)26-14-3-1-2-4-15(14)29-6-5-25/h1-4,7-9H,6,10H2,(H,26,27). The van der Waals surface area contributed by atoms with E-state index in [1.165, 1.54) is 6.07 Å². The lowest BCUT2D eigenvalue weighted by atomic mass is 10.1. The van der Waals surface area contributed by atoms with Gasteiger partial charge in [-0.2, -0.15) is 31.6 Å². The van der Waals surface area contributed by atoms with Crippen LogP contribution in [0.2, 0.25) is 0 Å². The van der Waals surface area contributed by atoms with Gasteiger partial charge >= 0.3 is 12.4 Å². The molecule has 0 saturated carbocycles. The molecule has 0 heterocycles. The Kier molecular flexibility index (Phi) is 7.02. The zero-order valence-electron chi connectivity index (χ0n) is 14.4. The highest BCUT2D eigenvalue weighted by Gasteiger charge is 2.37. The van der Waals surface area contributed by atoms with Gasteiger partial charge in [0.25, 0.3) is 5.91 Å². The molecule has 0 aliphatic rings. The number of nitriles is 1. The third kappa shape index (κ3) is 6.60. The maximum atomic E-state index is 12.8. The molecule has 2 rings (SSSR count). The average molecular weight is 434 g/mol.